The number of benzene rings is 2. The molecule has 0 bridgehead atoms. The molecule has 0 aliphatic carbocycles. The van der Waals surface area contributed by atoms with Crippen molar-refractivity contribution in [2.45, 2.75) is 18.4 Å². The van der Waals surface area contributed by atoms with Crippen LogP contribution in [0.15, 0.2) is 67.0 Å². The summed E-state index contributed by atoms with van der Waals surface area (Å²) < 4.78 is 45.8. The van der Waals surface area contributed by atoms with E-state index in [0.29, 0.717) is 11.1 Å². The molecule has 0 fully saturated rings. The maximum Gasteiger partial charge on any atom is 0.491 e. The second kappa shape index (κ2) is 8.62. The number of rotatable bonds is 5. The van der Waals surface area contributed by atoms with Gasteiger partial charge in [-0.25, -0.2) is 14.6 Å². The Morgan fingerprint density at radius 2 is 1.92 bits per heavy atom. The standard InChI is InChI=1S/C24H16F3N5O5/c25-24(26,27)20(34)37-23(14-7-8-17-18(10-14)30-21(29-17)31-22(35)36)16-6-2-1-5-15(16)19(33)32(23)12-13-4-3-9-28-11-13/h1-11H,12H2,(H,35,36)(H2,29,30,31). The van der Waals surface area contributed by atoms with Crippen LogP contribution in [-0.2, 0) is 21.8 Å². The molecule has 4 aromatic rings. The van der Waals surface area contributed by atoms with Crippen molar-refractivity contribution < 1.29 is 37.4 Å². The predicted molar refractivity (Wildman–Crippen MR) is 121 cm³/mol. The number of H-pyrrole nitrogens is 1. The quantitative estimate of drug-likeness (QED) is 0.344. The van der Waals surface area contributed by atoms with Gasteiger partial charge in [-0.15, -0.1) is 0 Å². The lowest BCUT2D eigenvalue weighted by atomic mass is 9.92. The van der Waals surface area contributed by atoms with Gasteiger partial charge in [0, 0.05) is 29.1 Å². The fourth-order valence-electron chi connectivity index (χ4n) is 4.31. The second-order valence-electron chi connectivity index (χ2n) is 8.08. The minimum absolute atomic E-state index is 0.00633. The Kier molecular flexibility index (Phi) is 5.54. The van der Waals surface area contributed by atoms with E-state index in [1.165, 1.54) is 48.8 Å². The lowest BCUT2D eigenvalue weighted by molar-refractivity contribution is -0.222. The molecule has 1 unspecified atom stereocenters. The summed E-state index contributed by atoms with van der Waals surface area (Å²) in [6.07, 6.45) is -3.81. The van der Waals surface area contributed by atoms with E-state index < -0.39 is 29.9 Å². The number of imidazole rings is 1. The summed E-state index contributed by atoms with van der Waals surface area (Å²) >= 11 is 0. The van der Waals surface area contributed by atoms with Crippen molar-refractivity contribution in [1.82, 2.24) is 19.9 Å². The Bertz CT molecular complexity index is 1540. The Labute approximate surface area is 205 Å². The summed E-state index contributed by atoms with van der Waals surface area (Å²) in [6.45, 7) is -0.239. The smallest absolute Gasteiger partial charge is 0.465 e. The molecule has 188 valence electrons. The van der Waals surface area contributed by atoms with Crippen molar-refractivity contribution in [2.75, 3.05) is 5.32 Å². The number of carboxylic acid groups (broad SMARTS) is 1. The monoisotopic (exact) mass is 511 g/mol. The molecule has 10 nitrogen and oxygen atoms in total. The normalized spacial score (nSPS) is 17.1. The van der Waals surface area contributed by atoms with E-state index in [1.54, 1.807) is 18.2 Å². The van der Waals surface area contributed by atoms with Crippen LogP contribution in [0.1, 0.15) is 27.0 Å². The van der Waals surface area contributed by atoms with Gasteiger partial charge in [-0.1, -0.05) is 30.3 Å². The highest BCUT2D eigenvalue weighted by molar-refractivity contribution is 6.01. The molecule has 0 saturated heterocycles. The molecule has 1 atom stereocenters. The van der Waals surface area contributed by atoms with Crippen LogP contribution in [0.4, 0.5) is 23.9 Å². The van der Waals surface area contributed by atoms with Crippen molar-refractivity contribution in [3.63, 3.8) is 0 Å². The number of hydrogen-bond donors (Lipinski definition) is 3. The van der Waals surface area contributed by atoms with Crippen molar-refractivity contribution in [2.24, 2.45) is 0 Å². The largest absolute Gasteiger partial charge is 0.491 e. The zero-order valence-corrected chi connectivity index (χ0v) is 18.6. The first kappa shape index (κ1) is 23.8. The molecule has 1 aliphatic heterocycles. The molecule has 2 aromatic heterocycles. The summed E-state index contributed by atoms with van der Waals surface area (Å²) in [6, 6.07) is 13.3. The van der Waals surface area contributed by atoms with Crippen molar-refractivity contribution in [3.05, 3.63) is 89.2 Å². The second-order valence-corrected chi connectivity index (χ2v) is 8.08. The molecule has 0 spiro atoms. The third kappa shape index (κ3) is 4.09. The first-order valence-electron chi connectivity index (χ1n) is 10.7. The lowest BCUT2D eigenvalue weighted by Gasteiger charge is -2.39. The summed E-state index contributed by atoms with van der Waals surface area (Å²) in [5, 5.41) is 11.0. The van der Waals surface area contributed by atoms with E-state index in [-0.39, 0.29) is 34.7 Å². The number of esters is 1. The highest BCUT2D eigenvalue weighted by atomic mass is 19.4. The van der Waals surface area contributed by atoms with Crippen LogP contribution < -0.4 is 5.32 Å². The van der Waals surface area contributed by atoms with E-state index in [4.69, 9.17) is 9.84 Å². The number of aromatic amines is 1. The fourth-order valence-corrected chi connectivity index (χ4v) is 4.31. The van der Waals surface area contributed by atoms with E-state index in [9.17, 15) is 27.6 Å². The molecular weight excluding hydrogens is 495 g/mol. The zero-order valence-electron chi connectivity index (χ0n) is 18.6. The molecule has 5 rings (SSSR count). The Balaban J connectivity index is 1.74. The van der Waals surface area contributed by atoms with Crippen LogP contribution in [0.3, 0.4) is 0 Å². The minimum atomic E-state index is -5.36. The van der Waals surface area contributed by atoms with E-state index in [2.05, 4.69) is 20.3 Å². The SMILES string of the molecule is O=C(O)Nc1nc2cc(C3(OC(=O)C(F)(F)F)c4ccccc4C(=O)N3Cc3cccnc3)ccc2[nH]1. The minimum Gasteiger partial charge on any atom is -0.465 e. The van der Waals surface area contributed by atoms with Gasteiger partial charge in [0.05, 0.1) is 17.6 Å². The van der Waals surface area contributed by atoms with Crippen molar-refractivity contribution in [3.8, 4) is 0 Å². The molecule has 13 heteroatoms. The summed E-state index contributed by atoms with van der Waals surface area (Å²) in [4.78, 5) is 48.7. The highest BCUT2D eigenvalue weighted by Crippen LogP contribution is 2.47. The average Bonchev–Trinajstić information content (AvgIpc) is 3.35. The van der Waals surface area contributed by atoms with E-state index in [0.717, 1.165) is 4.90 Å². The fraction of sp³-hybridized carbons (Fsp3) is 0.125. The molecule has 0 saturated carbocycles. The number of pyridine rings is 1. The van der Waals surface area contributed by atoms with Gasteiger partial charge in [-0.3, -0.25) is 20.0 Å². The molecule has 3 heterocycles. The lowest BCUT2D eigenvalue weighted by Crippen LogP contribution is -2.49. The number of hydrogen-bond acceptors (Lipinski definition) is 6. The Hall–Kier alpha value is -4.94. The molecule has 3 N–H and O–H groups in total. The summed E-state index contributed by atoms with van der Waals surface area (Å²) in [5.74, 6) is -3.29. The number of carbonyl (C=O) groups is 3. The number of carbonyl (C=O) groups excluding carboxylic acids is 2. The number of ether oxygens (including phenoxy) is 1. The third-order valence-electron chi connectivity index (χ3n) is 5.78. The number of anilines is 1. The van der Waals surface area contributed by atoms with Crippen LogP contribution in [0.25, 0.3) is 11.0 Å². The van der Waals surface area contributed by atoms with Crippen LogP contribution in [0.5, 0.6) is 0 Å². The number of nitrogens with zero attached hydrogens (tertiary/aromatic N) is 3. The van der Waals surface area contributed by atoms with Gasteiger partial charge >= 0.3 is 18.2 Å². The van der Waals surface area contributed by atoms with Crippen LogP contribution in [-0.4, -0.2) is 49.1 Å². The number of aromatic nitrogens is 3. The maximum atomic E-state index is 13.5. The first-order valence-corrected chi connectivity index (χ1v) is 10.7. The number of alkyl halides is 3. The van der Waals surface area contributed by atoms with E-state index >= 15 is 0 Å². The topological polar surface area (TPSA) is 138 Å². The maximum absolute atomic E-state index is 13.5. The van der Waals surface area contributed by atoms with Gasteiger partial charge in [0.2, 0.25) is 11.7 Å². The molecular formula is C24H16F3N5O5. The molecule has 1 aliphatic rings. The van der Waals surface area contributed by atoms with Crippen LogP contribution in [0, 0.1) is 0 Å². The number of amides is 2. The first-order chi connectivity index (χ1) is 17.6. The number of fused-ring (bicyclic) bond motifs is 2. The molecule has 0 radical (unpaired) electrons. The molecule has 2 aromatic carbocycles. The van der Waals surface area contributed by atoms with E-state index in [1.807, 2.05) is 0 Å². The Morgan fingerprint density at radius 3 is 2.62 bits per heavy atom. The average molecular weight is 511 g/mol. The predicted octanol–water partition coefficient (Wildman–Crippen LogP) is 4.01. The summed E-state index contributed by atoms with van der Waals surface area (Å²) in [7, 11) is 0. The third-order valence-corrected chi connectivity index (χ3v) is 5.78. The number of nitrogens with one attached hydrogen (secondary N) is 2. The molecule has 2 amide bonds. The van der Waals surface area contributed by atoms with Gasteiger partial charge in [-0.05, 0) is 29.8 Å². The molecule has 37 heavy (non-hydrogen) atoms. The van der Waals surface area contributed by atoms with Gasteiger partial charge in [0.25, 0.3) is 5.91 Å². The van der Waals surface area contributed by atoms with Gasteiger partial charge in [-0.2, -0.15) is 13.2 Å². The zero-order chi connectivity index (χ0) is 26.4. The Morgan fingerprint density at radius 1 is 1.14 bits per heavy atom. The summed E-state index contributed by atoms with van der Waals surface area (Å²) in [5.41, 5.74) is -1.26. The van der Waals surface area contributed by atoms with Gasteiger partial charge in [0.15, 0.2) is 0 Å². The van der Waals surface area contributed by atoms with Crippen molar-refractivity contribution >= 4 is 35.0 Å². The van der Waals surface area contributed by atoms with Gasteiger partial charge in [0.1, 0.15) is 0 Å². The highest BCUT2D eigenvalue weighted by Gasteiger charge is 2.57. The van der Waals surface area contributed by atoms with Gasteiger partial charge < -0.3 is 14.8 Å². The van der Waals surface area contributed by atoms with Crippen LogP contribution >= 0.6 is 0 Å². The van der Waals surface area contributed by atoms with Crippen molar-refractivity contribution in [1.29, 1.82) is 0 Å². The van der Waals surface area contributed by atoms with Crippen LogP contribution in [0.2, 0.25) is 0 Å². The number of halogens is 3.